The number of aromatic nitrogens is 1. The van der Waals surface area contributed by atoms with E-state index >= 15 is 0 Å². The number of aromatic hydroxyl groups is 1. The van der Waals surface area contributed by atoms with Crippen LogP contribution in [0.25, 0.3) is 11.1 Å². The maximum absolute atomic E-state index is 11.3. The number of hydrogen-bond donors (Lipinski definition) is 1. The number of nitrogens with zero attached hydrogens (tertiary/aromatic N) is 1. The molecule has 0 saturated heterocycles. The van der Waals surface area contributed by atoms with Gasteiger partial charge in [-0.25, -0.2) is 8.42 Å². The predicted molar refractivity (Wildman–Crippen MR) is 61.8 cm³/mol. The number of phenolic OH excluding ortho intramolecular Hbond substituents is 1. The zero-order valence-corrected chi connectivity index (χ0v) is 9.48. The normalized spacial score (nSPS) is 11.6. The van der Waals surface area contributed by atoms with Gasteiger partial charge in [-0.1, -0.05) is 12.1 Å². The lowest BCUT2D eigenvalue weighted by molar-refractivity contribution is 0.475. The summed E-state index contributed by atoms with van der Waals surface area (Å²) in [6.45, 7) is 0. The average molecular weight is 237 g/mol. The highest BCUT2D eigenvalue weighted by Crippen LogP contribution is 2.22. The standard InChI is InChI=1S/C11H11NO3S/c1-16(14,15)12-7-6-10(8-12)9-2-4-11(13)5-3-9/h2-8,13H,1H3. The van der Waals surface area contributed by atoms with Crippen LogP contribution in [0.1, 0.15) is 0 Å². The van der Waals surface area contributed by atoms with E-state index in [9.17, 15) is 8.42 Å². The van der Waals surface area contributed by atoms with Crippen molar-refractivity contribution in [1.82, 2.24) is 3.97 Å². The van der Waals surface area contributed by atoms with E-state index in [1.807, 2.05) is 0 Å². The Balaban J connectivity index is 2.43. The molecule has 0 aliphatic carbocycles. The van der Waals surface area contributed by atoms with Crippen molar-refractivity contribution in [2.75, 3.05) is 6.26 Å². The second kappa shape index (κ2) is 3.68. The molecule has 2 aromatic rings. The quantitative estimate of drug-likeness (QED) is 0.864. The molecule has 0 bridgehead atoms. The molecular formula is C11H11NO3S. The van der Waals surface area contributed by atoms with Gasteiger partial charge in [0.1, 0.15) is 5.75 Å². The SMILES string of the molecule is CS(=O)(=O)n1ccc(-c2ccc(O)cc2)c1. The molecule has 0 fully saturated rings. The molecule has 0 amide bonds. The van der Waals surface area contributed by atoms with Gasteiger partial charge in [0.05, 0.1) is 6.26 Å². The molecule has 0 unspecified atom stereocenters. The smallest absolute Gasteiger partial charge is 0.235 e. The predicted octanol–water partition coefficient (Wildman–Crippen LogP) is 1.67. The zero-order valence-electron chi connectivity index (χ0n) is 8.66. The van der Waals surface area contributed by atoms with Crippen molar-refractivity contribution in [3.05, 3.63) is 42.7 Å². The highest BCUT2D eigenvalue weighted by atomic mass is 32.2. The van der Waals surface area contributed by atoms with Gasteiger partial charge in [0.15, 0.2) is 0 Å². The third kappa shape index (κ3) is 2.09. The van der Waals surface area contributed by atoms with Gasteiger partial charge in [0.2, 0.25) is 10.0 Å². The number of rotatable bonds is 2. The number of benzene rings is 1. The lowest BCUT2D eigenvalue weighted by Crippen LogP contribution is -2.06. The highest BCUT2D eigenvalue weighted by Gasteiger charge is 2.06. The molecule has 5 heteroatoms. The van der Waals surface area contributed by atoms with Crippen LogP contribution in [0.4, 0.5) is 0 Å². The molecule has 16 heavy (non-hydrogen) atoms. The molecule has 1 aromatic carbocycles. The van der Waals surface area contributed by atoms with Crippen molar-refractivity contribution < 1.29 is 13.5 Å². The molecule has 0 aliphatic heterocycles. The van der Waals surface area contributed by atoms with Crippen molar-refractivity contribution in [2.24, 2.45) is 0 Å². The summed E-state index contributed by atoms with van der Waals surface area (Å²) in [5.74, 6) is 0.186. The zero-order chi connectivity index (χ0) is 11.8. The molecule has 84 valence electrons. The van der Waals surface area contributed by atoms with Gasteiger partial charge >= 0.3 is 0 Å². The minimum Gasteiger partial charge on any atom is -0.508 e. The van der Waals surface area contributed by atoms with E-state index in [-0.39, 0.29) is 5.75 Å². The summed E-state index contributed by atoms with van der Waals surface area (Å²) >= 11 is 0. The monoisotopic (exact) mass is 237 g/mol. The van der Waals surface area contributed by atoms with Crippen LogP contribution in [0.2, 0.25) is 0 Å². The Bertz CT molecular complexity index is 596. The number of phenols is 1. The fourth-order valence-corrected chi connectivity index (χ4v) is 1.99. The molecule has 0 aliphatic rings. The van der Waals surface area contributed by atoms with Crippen molar-refractivity contribution in [3.63, 3.8) is 0 Å². The summed E-state index contributed by atoms with van der Waals surface area (Å²) in [6, 6.07) is 8.31. The largest absolute Gasteiger partial charge is 0.508 e. The van der Waals surface area contributed by atoms with Gasteiger partial charge in [-0.3, -0.25) is 3.97 Å². The lowest BCUT2D eigenvalue weighted by Gasteiger charge is -1.99. The third-order valence-corrected chi connectivity index (χ3v) is 3.24. The second-order valence-corrected chi connectivity index (χ2v) is 5.43. The first-order chi connectivity index (χ1) is 7.47. The summed E-state index contributed by atoms with van der Waals surface area (Å²) in [4.78, 5) is 0. The Morgan fingerprint density at radius 3 is 2.19 bits per heavy atom. The Morgan fingerprint density at radius 1 is 1.06 bits per heavy atom. The van der Waals surface area contributed by atoms with Crippen molar-refractivity contribution in [3.8, 4) is 16.9 Å². The Morgan fingerprint density at radius 2 is 1.69 bits per heavy atom. The second-order valence-electron chi connectivity index (χ2n) is 3.54. The fraction of sp³-hybridized carbons (Fsp3) is 0.0909. The fourth-order valence-electron chi connectivity index (χ4n) is 1.41. The van der Waals surface area contributed by atoms with E-state index in [2.05, 4.69) is 0 Å². The first kappa shape index (κ1) is 10.8. The summed E-state index contributed by atoms with van der Waals surface area (Å²) in [7, 11) is -3.23. The van der Waals surface area contributed by atoms with E-state index in [1.54, 1.807) is 36.5 Å². The van der Waals surface area contributed by atoms with Gasteiger partial charge < -0.3 is 5.11 Å². The molecule has 0 radical (unpaired) electrons. The first-order valence-corrected chi connectivity index (χ1v) is 6.49. The number of hydrogen-bond acceptors (Lipinski definition) is 3. The maximum Gasteiger partial charge on any atom is 0.235 e. The van der Waals surface area contributed by atoms with E-state index in [4.69, 9.17) is 5.11 Å². The first-order valence-electron chi connectivity index (χ1n) is 4.65. The Hall–Kier alpha value is -1.75. The summed E-state index contributed by atoms with van der Waals surface area (Å²) in [5.41, 5.74) is 1.66. The van der Waals surface area contributed by atoms with Crippen molar-refractivity contribution >= 4 is 10.0 Å². The van der Waals surface area contributed by atoms with Gasteiger partial charge in [0.25, 0.3) is 0 Å². The van der Waals surface area contributed by atoms with Gasteiger partial charge in [-0.05, 0) is 23.8 Å². The molecule has 0 saturated carbocycles. The molecule has 1 aromatic heterocycles. The lowest BCUT2D eigenvalue weighted by atomic mass is 10.1. The topological polar surface area (TPSA) is 59.3 Å². The van der Waals surface area contributed by atoms with Crippen LogP contribution in [-0.4, -0.2) is 23.8 Å². The van der Waals surface area contributed by atoms with E-state index in [0.29, 0.717) is 0 Å². The summed E-state index contributed by atoms with van der Waals surface area (Å²) in [5, 5.41) is 9.14. The van der Waals surface area contributed by atoms with Gasteiger partial charge in [-0.15, -0.1) is 0 Å². The van der Waals surface area contributed by atoms with Crippen LogP contribution in [0.15, 0.2) is 42.7 Å². The van der Waals surface area contributed by atoms with Crippen LogP contribution in [0.3, 0.4) is 0 Å². The molecule has 0 atom stereocenters. The highest BCUT2D eigenvalue weighted by molar-refractivity contribution is 7.89. The molecule has 0 spiro atoms. The van der Waals surface area contributed by atoms with Crippen molar-refractivity contribution in [1.29, 1.82) is 0 Å². The van der Waals surface area contributed by atoms with Gasteiger partial charge in [0, 0.05) is 18.0 Å². The van der Waals surface area contributed by atoms with E-state index in [1.165, 1.54) is 6.20 Å². The van der Waals surface area contributed by atoms with Gasteiger partial charge in [-0.2, -0.15) is 0 Å². The summed E-state index contributed by atoms with van der Waals surface area (Å²) < 4.78 is 23.7. The molecule has 1 heterocycles. The minimum atomic E-state index is -3.23. The molecular weight excluding hydrogens is 226 g/mol. The van der Waals surface area contributed by atoms with Crippen LogP contribution >= 0.6 is 0 Å². The Kier molecular flexibility index (Phi) is 2.47. The van der Waals surface area contributed by atoms with Crippen LogP contribution in [-0.2, 0) is 10.0 Å². The van der Waals surface area contributed by atoms with Crippen LogP contribution in [0.5, 0.6) is 5.75 Å². The molecule has 1 N–H and O–H groups in total. The minimum absolute atomic E-state index is 0.186. The molecule has 2 rings (SSSR count). The summed E-state index contributed by atoms with van der Waals surface area (Å²) in [6.07, 6.45) is 4.19. The van der Waals surface area contributed by atoms with Crippen molar-refractivity contribution in [2.45, 2.75) is 0 Å². The van der Waals surface area contributed by atoms with E-state index < -0.39 is 10.0 Å². The molecule has 4 nitrogen and oxygen atoms in total. The third-order valence-electron chi connectivity index (χ3n) is 2.25. The van der Waals surface area contributed by atoms with Crippen LogP contribution in [0, 0.1) is 0 Å². The maximum atomic E-state index is 11.3. The average Bonchev–Trinajstić information content (AvgIpc) is 2.67. The van der Waals surface area contributed by atoms with E-state index in [0.717, 1.165) is 21.4 Å². The Labute approximate surface area is 93.8 Å². The van der Waals surface area contributed by atoms with Crippen LogP contribution < -0.4 is 0 Å².